The van der Waals surface area contributed by atoms with Gasteiger partial charge in [-0.3, -0.25) is 4.79 Å². The molecule has 0 saturated carbocycles. The molecule has 1 aromatic carbocycles. The molecule has 116 valence electrons. The summed E-state index contributed by atoms with van der Waals surface area (Å²) in [6, 6.07) is 6.40. The van der Waals surface area contributed by atoms with E-state index in [9.17, 15) is 9.90 Å². The Hall–Kier alpha value is -1.61. The molecule has 0 spiro atoms. The normalized spacial score (nSPS) is 33.6. The lowest BCUT2D eigenvalue weighted by Gasteiger charge is -2.57. The van der Waals surface area contributed by atoms with Crippen molar-refractivity contribution in [2.24, 2.45) is 5.92 Å². The summed E-state index contributed by atoms with van der Waals surface area (Å²) >= 11 is 0. The first-order chi connectivity index (χ1) is 10.5. The first-order valence-corrected chi connectivity index (χ1v) is 8.24. The maximum atomic E-state index is 11.8. The molecule has 1 fully saturated rings. The molecule has 2 bridgehead atoms. The third-order valence-electron chi connectivity index (χ3n) is 6.31. The first kappa shape index (κ1) is 14.0. The van der Waals surface area contributed by atoms with E-state index in [0.717, 1.165) is 37.8 Å². The zero-order valence-corrected chi connectivity index (χ0v) is 13.3. The maximum Gasteiger partial charge on any atom is 0.155 e. The fourth-order valence-corrected chi connectivity index (χ4v) is 5.07. The molecule has 1 aliphatic heterocycles. The number of hydrogen-bond acceptors (Lipinski definition) is 3. The van der Waals surface area contributed by atoms with Crippen LogP contribution in [0.25, 0.3) is 0 Å². The minimum Gasteiger partial charge on any atom is -0.508 e. The molecule has 1 N–H and O–H groups in total. The minimum atomic E-state index is 0.114. The third-order valence-corrected chi connectivity index (χ3v) is 6.31. The number of phenols is 1. The third kappa shape index (κ3) is 1.81. The summed E-state index contributed by atoms with van der Waals surface area (Å²) in [7, 11) is 2.21. The van der Waals surface area contributed by atoms with Crippen molar-refractivity contribution in [3.8, 4) is 5.75 Å². The number of phenolic OH excluding ortho intramolecular Hbond substituents is 1. The number of piperidine rings is 1. The Labute approximate surface area is 131 Å². The fourth-order valence-electron chi connectivity index (χ4n) is 5.07. The molecular formula is C19H23NO2. The Balaban J connectivity index is 1.88. The van der Waals surface area contributed by atoms with Crippen molar-refractivity contribution in [2.45, 2.75) is 44.1 Å². The van der Waals surface area contributed by atoms with Crippen LogP contribution in [0, 0.1) is 5.92 Å². The van der Waals surface area contributed by atoms with E-state index in [1.54, 1.807) is 6.92 Å². The van der Waals surface area contributed by atoms with E-state index < -0.39 is 0 Å². The highest BCUT2D eigenvalue weighted by atomic mass is 16.3. The Kier molecular flexibility index (Phi) is 2.99. The number of ketones is 1. The summed E-state index contributed by atoms with van der Waals surface area (Å²) in [5.41, 5.74) is 3.83. The van der Waals surface area contributed by atoms with Crippen LogP contribution in [0.5, 0.6) is 5.75 Å². The first-order valence-electron chi connectivity index (χ1n) is 8.24. The number of fused-ring (bicyclic) bond motifs is 1. The zero-order chi connectivity index (χ0) is 15.5. The summed E-state index contributed by atoms with van der Waals surface area (Å²) < 4.78 is 0. The predicted molar refractivity (Wildman–Crippen MR) is 86.0 cm³/mol. The number of carbonyl (C=O) groups is 1. The SMILES string of the molecule is CC(=O)C1=CCC23CCN(C)C(Cc4ccc(O)cc42)C3C1. The Morgan fingerprint density at radius 1 is 1.36 bits per heavy atom. The minimum absolute atomic E-state index is 0.114. The van der Waals surface area contributed by atoms with E-state index in [4.69, 9.17) is 0 Å². The van der Waals surface area contributed by atoms with Crippen molar-refractivity contribution in [1.82, 2.24) is 4.90 Å². The number of likely N-dealkylation sites (tertiary alicyclic amines) is 1. The highest BCUT2D eigenvalue weighted by Crippen LogP contribution is 2.55. The van der Waals surface area contributed by atoms with Gasteiger partial charge in [-0.1, -0.05) is 12.1 Å². The molecule has 22 heavy (non-hydrogen) atoms. The van der Waals surface area contributed by atoms with E-state index in [-0.39, 0.29) is 11.2 Å². The van der Waals surface area contributed by atoms with Crippen LogP contribution in [-0.4, -0.2) is 35.4 Å². The number of aromatic hydroxyl groups is 1. The number of likely N-dealkylation sites (N-methyl/N-ethyl adjacent to an activating group) is 1. The molecule has 0 aromatic heterocycles. The molecule has 3 atom stereocenters. The highest BCUT2D eigenvalue weighted by molar-refractivity contribution is 5.93. The van der Waals surface area contributed by atoms with Gasteiger partial charge in [-0.05, 0) is 81.0 Å². The van der Waals surface area contributed by atoms with Crippen LogP contribution < -0.4 is 0 Å². The molecular weight excluding hydrogens is 274 g/mol. The second-order valence-electron chi connectivity index (χ2n) is 7.30. The molecule has 4 rings (SSSR count). The molecule has 1 saturated heterocycles. The molecule has 1 heterocycles. The van der Waals surface area contributed by atoms with Gasteiger partial charge in [0.15, 0.2) is 5.78 Å². The van der Waals surface area contributed by atoms with Crippen LogP contribution >= 0.6 is 0 Å². The van der Waals surface area contributed by atoms with E-state index >= 15 is 0 Å². The van der Waals surface area contributed by atoms with Gasteiger partial charge in [-0.15, -0.1) is 0 Å². The predicted octanol–water partition coefficient (Wildman–Crippen LogP) is 2.82. The molecule has 3 aliphatic rings. The van der Waals surface area contributed by atoms with Crippen molar-refractivity contribution in [1.29, 1.82) is 0 Å². The van der Waals surface area contributed by atoms with Gasteiger partial charge in [0.05, 0.1) is 0 Å². The standard InChI is InChI=1S/C19H23NO2/c1-12(21)13-5-6-19-7-8-20(2)18(17(19)9-13)10-14-3-4-15(22)11-16(14)19/h3-5,11,17-18,22H,6-10H2,1-2H3. The number of carbonyl (C=O) groups excluding carboxylic acids is 1. The van der Waals surface area contributed by atoms with Crippen molar-refractivity contribution in [3.63, 3.8) is 0 Å². The average Bonchev–Trinajstić information content (AvgIpc) is 2.51. The number of Topliss-reactive ketones (excluding diaryl/α,β-unsaturated/α-hetero) is 1. The topological polar surface area (TPSA) is 40.5 Å². The van der Waals surface area contributed by atoms with E-state index in [1.807, 2.05) is 12.1 Å². The van der Waals surface area contributed by atoms with Crippen molar-refractivity contribution in [3.05, 3.63) is 41.0 Å². The van der Waals surface area contributed by atoms with Gasteiger partial charge < -0.3 is 10.0 Å². The molecule has 2 aliphatic carbocycles. The Morgan fingerprint density at radius 2 is 2.18 bits per heavy atom. The van der Waals surface area contributed by atoms with E-state index in [0.29, 0.717) is 17.7 Å². The van der Waals surface area contributed by atoms with Crippen LogP contribution in [0.1, 0.15) is 37.3 Å². The van der Waals surface area contributed by atoms with Gasteiger partial charge >= 0.3 is 0 Å². The van der Waals surface area contributed by atoms with E-state index in [2.05, 4.69) is 24.1 Å². The second-order valence-corrected chi connectivity index (χ2v) is 7.30. The number of benzene rings is 1. The van der Waals surface area contributed by atoms with Gasteiger partial charge in [-0.25, -0.2) is 0 Å². The quantitative estimate of drug-likeness (QED) is 0.866. The van der Waals surface area contributed by atoms with Crippen molar-refractivity contribution >= 4 is 5.78 Å². The van der Waals surface area contributed by atoms with Gasteiger partial charge in [0.25, 0.3) is 0 Å². The van der Waals surface area contributed by atoms with Crippen LogP contribution in [0.2, 0.25) is 0 Å². The highest BCUT2D eigenvalue weighted by Gasteiger charge is 2.53. The Morgan fingerprint density at radius 3 is 2.95 bits per heavy atom. The molecule has 0 amide bonds. The molecule has 3 heteroatoms. The van der Waals surface area contributed by atoms with Gasteiger partial charge in [0.2, 0.25) is 0 Å². The lowest BCUT2D eigenvalue weighted by atomic mass is 9.52. The largest absolute Gasteiger partial charge is 0.508 e. The molecule has 1 aromatic rings. The van der Waals surface area contributed by atoms with Gasteiger partial charge in [-0.2, -0.15) is 0 Å². The van der Waals surface area contributed by atoms with Crippen molar-refractivity contribution < 1.29 is 9.90 Å². The number of rotatable bonds is 1. The summed E-state index contributed by atoms with van der Waals surface area (Å²) in [6.45, 7) is 2.78. The van der Waals surface area contributed by atoms with Crippen LogP contribution in [0.15, 0.2) is 29.8 Å². The average molecular weight is 297 g/mol. The number of nitrogens with zero attached hydrogens (tertiary/aromatic N) is 1. The number of hydrogen-bond donors (Lipinski definition) is 1. The monoisotopic (exact) mass is 297 g/mol. The van der Waals surface area contributed by atoms with Crippen LogP contribution in [0.4, 0.5) is 0 Å². The van der Waals surface area contributed by atoms with Gasteiger partial charge in [0.1, 0.15) is 5.75 Å². The molecule has 3 nitrogen and oxygen atoms in total. The lowest BCUT2D eigenvalue weighted by Crippen LogP contribution is -2.59. The van der Waals surface area contributed by atoms with Gasteiger partial charge in [0, 0.05) is 11.5 Å². The number of allylic oxidation sites excluding steroid dienone is 2. The second kappa shape index (κ2) is 4.69. The van der Waals surface area contributed by atoms with Crippen LogP contribution in [-0.2, 0) is 16.6 Å². The lowest BCUT2D eigenvalue weighted by molar-refractivity contribution is -0.114. The molecule has 0 radical (unpaired) electrons. The summed E-state index contributed by atoms with van der Waals surface area (Å²) in [6.07, 6.45) is 6.14. The summed E-state index contributed by atoms with van der Waals surface area (Å²) in [5.74, 6) is 1.08. The van der Waals surface area contributed by atoms with Crippen LogP contribution in [0.3, 0.4) is 0 Å². The van der Waals surface area contributed by atoms with E-state index in [1.165, 1.54) is 11.1 Å². The summed E-state index contributed by atoms with van der Waals surface area (Å²) in [5, 5.41) is 9.98. The smallest absolute Gasteiger partial charge is 0.155 e. The maximum absolute atomic E-state index is 11.8. The van der Waals surface area contributed by atoms with Crippen molar-refractivity contribution in [2.75, 3.05) is 13.6 Å². The fraction of sp³-hybridized carbons (Fsp3) is 0.526. The Bertz CT molecular complexity index is 678. The summed E-state index contributed by atoms with van der Waals surface area (Å²) in [4.78, 5) is 14.3. The molecule has 3 unspecified atom stereocenters. The zero-order valence-electron chi connectivity index (χ0n) is 13.3.